The topological polar surface area (TPSA) is 95.3 Å². The van der Waals surface area contributed by atoms with Crippen LogP contribution in [0, 0.1) is 0 Å². The molecule has 0 atom stereocenters. The predicted octanol–water partition coefficient (Wildman–Crippen LogP) is 4.57. The van der Waals surface area contributed by atoms with Crippen LogP contribution in [0.4, 0.5) is 5.82 Å². The molecule has 0 radical (unpaired) electrons. The fourth-order valence-corrected chi connectivity index (χ4v) is 4.20. The molecule has 0 saturated carbocycles. The summed E-state index contributed by atoms with van der Waals surface area (Å²) in [6.07, 6.45) is 1.12. The van der Waals surface area contributed by atoms with Crippen LogP contribution in [-0.2, 0) is 17.8 Å². The first-order chi connectivity index (χ1) is 13.6. The highest BCUT2D eigenvalue weighted by Crippen LogP contribution is 2.36. The zero-order valence-electron chi connectivity index (χ0n) is 15.1. The highest BCUT2D eigenvalue weighted by molar-refractivity contribution is 7.25. The molecular formula is C21H19N3O3S. The van der Waals surface area contributed by atoms with E-state index in [9.17, 15) is 9.90 Å². The van der Waals surface area contributed by atoms with E-state index in [1.807, 2.05) is 24.3 Å². The number of carboxylic acids is 1. The van der Waals surface area contributed by atoms with Gasteiger partial charge in [-0.1, -0.05) is 30.3 Å². The standard InChI is InChI=1S/C21H19N3O3S/c25-14-10-8-13(9-11-14)12-22-20-19-15-4-1-2-5-16(15)28-21(19)24-17(23-20)6-3-7-18(26)27/h1-2,4-5,8-11,25H,3,6-7,12H2,(H,26,27)(H,22,23,24). The van der Waals surface area contributed by atoms with Gasteiger partial charge in [0.15, 0.2) is 0 Å². The first-order valence-electron chi connectivity index (χ1n) is 9.02. The Bertz CT molecular complexity index is 1140. The van der Waals surface area contributed by atoms with Gasteiger partial charge in [-0.2, -0.15) is 0 Å². The molecule has 0 bridgehead atoms. The van der Waals surface area contributed by atoms with E-state index in [2.05, 4.69) is 22.4 Å². The quantitative estimate of drug-likeness (QED) is 0.426. The Morgan fingerprint density at radius 3 is 2.64 bits per heavy atom. The molecule has 4 aromatic rings. The molecule has 6 nitrogen and oxygen atoms in total. The molecule has 0 fully saturated rings. The fraction of sp³-hybridized carbons (Fsp3) is 0.190. The number of fused-ring (bicyclic) bond motifs is 3. The summed E-state index contributed by atoms with van der Waals surface area (Å²) in [4.78, 5) is 21.1. The van der Waals surface area contributed by atoms with Crippen LogP contribution in [-0.4, -0.2) is 26.2 Å². The number of aromatic hydroxyl groups is 1. The Labute approximate surface area is 165 Å². The van der Waals surface area contributed by atoms with Crippen LogP contribution in [0.25, 0.3) is 20.3 Å². The Hall–Kier alpha value is -3.19. The summed E-state index contributed by atoms with van der Waals surface area (Å²) >= 11 is 1.61. The van der Waals surface area contributed by atoms with Gasteiger partial charge < -0.3 is 15.5 Å². The molecule has 0 aliphatic carbocycles. The Morgan fingerprint density at radius 2 is 1.86 bits per heavy atom. The number of nitrogens with one attached hydrogen (secondary N) is 1. The maximum Gasteiger partial charge on any atom is 0.303 e. The van der Waals surface area contributed by atoms with Crippen molar-refractivity contribution in [1.82, 2.24) is 9.97 Å². The average molecular weight is 393 g/mol. The van der Waals surface area contributed by atoms with E-state index in [0.29, 0.717) is 25.2 Å². The number of phenols is 1. The number of rotatable bonds is 7. The molecule has 0 amide bonds. The fourth-order valence-electron chi connectivity index (χ4n) is 3.10. The van der Waals surface area contributed by atoms with Crippen molar-refractivity contribution in [2.24, 2.45) is 0 Å². The van der Waals surface area contributed by atoms with Crippen molar-refractivity contribution in [2.75, 3.05) is 5.32 Å². The van der Waals surface area contributed by atoms with Crippen LogP contribution in [0.5, 0.6) is 5.75 Å². The van der Waals surface area contributed by atoms with Gasteiger partial charge in [0.1, 0.15) is 22.2 Å². The van der Waals surface area contributed by atoms with Crippen molar-refractivity contribution in [3.63, 3.8) is 0 Å². The van der Waals surface area contributed by atoms with E-state index < -0.39 is 5.97 Å². The number of carboxylic acid groups (broad SMARTS) is 1. The molecule has 3 N–H and O–H groups in total. The van der Waals surface area contributed by atoms with E-state index in [0.717, 1.165) is 31.7 Å². The van der Waals surface area contributed by atoms with Crippen molar-refractivity contribution < 1.29 is 15.0 Å². The molecule has 0 unspecified atom stereocenters. The maximum atomic E-state index is 10.8. The zero-order valence-corrected chi connectivity index (χ0v) is 15.9. The molecular weight excluding hydrogens is 374 g/mol. The van der Waals surface area contributed by atoms with Gasteiger partial charge in [-0.15, -0.1) is 11.3 Å². The Kier molecular flexibility index (Phi) is 5.08. The number of thiophene rings is 1. The third kappa shape index (κ3) is 3.89. The summed E-state index contributed by atoms with van der Waals surface area (Å²) in [5, 5.41) is 23.8. The zero-order chi connectivity index (χ0) is 19.5. The van der Waals surface area contributed by atoms with E-state index in [1.165, 1.54) is 0 Å². The second kappa shape index (κ2) is 7.82. The number of nitrogens with zero attached hydrogens (tertiary/aromatic N) is 2. The largest absolute Gasteiger partial charge is 0.508 e. The Morgan fingerprint density at radius 1 is 1.07 bits per heavy atom. The number of aromatic nitrogens is 2. The van der Waals surface area contributed by atoms with E-state index in [1.54, 1.807) is 23.5 Å². The number of aliphatic carboxylic acids is 1. The minimum Gasteiger partial charge on any atom is -0.508 e. The highest BCUT2D eigenvalue weighted by atomic mass is 32.1. The maximum absolute atomic E-state index is 10.8. The third-order valence-electron chi connectivity index (χ3n) is 4.47. The molecule has 0 spiro atoms. The van der Waals surface area contributed by atoms with Gasteiger partial charge in [0.25, 0.3) is 0 Å². The molecule has 2 heterocycles. The summed E-state index contributed by atoms with van der Waals surface area (Å²) in [6, 6.07) is 15.2. The van der Waals surface area contributed by atoms with Crippen LogP contribution >= 0.6 is 11.3 Å². The van der Waals surface area contributed by atoms with Crippen LogP contribution in [0.1, 0.15) is 24.2 Å². The number of benzene rings is 2. The van der Waals surface area contributed by atoms with Gasteiger partial charge in [0, 0.05) is 29.5 Å². The van der Waals surface area contributed by atoms with Gasteiger partial charge in [0.2, 0.25) is 0 Å². The SMILES string of the molecule is O=C(O)CCCc1nc(NCc2ccc(O)cc2)c2c(n1)sc1ccccc12. The van der Waals surface area contributed by atoms with Gasteiger partial charge in [-0.3, -0.25) is 4.79 Å². The molecule has 142 valence electrons. The molecule has 0 aliphatic heterocycles. The minimum atomic E-state index is -0.811. The van der Waals surface area contributed by atoms with Crippen molar-refractivity contribution in [3.05, 3.63) is 59.9 Å². The van der Waals surface area contributed by atoms with Crippen LogP contribution in [0.3, 0.4) is 0 Å². The number of hydrogen-bond acceptors (Lipinski definition) is 6. The monoisotopic (exact) mass is 393 g/mol. The van der Waals surface area contributed by atoms with Gasteiger partial charge in [-0.25, -0.2) is 9.97 Å². The molecule has 7 heteroatoms. The van der Waals surface area contributed by atoms with Crippen molar-refractivity contribution in [2.45, 2.75) is 25.8 Å². The number of phenolic OH excluding ortho intramolecular Hbond substituents is 1. The molecule has 0 aliphatic rings. The lowest BCUT2D eigenvalue weighted by Gasteiger charge is -2.10. The lowest BCUT2D eigenvalue weighted by atomic mass is 10.2. The summed E-state index contributed by atoms with van der Waals surface area (Å²) < 4.78 is 1.14. The van der Waals surface area contributed by atoms with Crippen LogP contribution < -0.4 is 5.32 Å². The molecule has 2 aromatic carbocycles. The Balaban J connectivity index is 1.69. The summed E-state index contributed by atoms with van der Waals surface area (Å²) in [5.41, 5.74) is 1.02. The molecule has 4 rings (SSSR count). The average Bonchev–Trinajstić information content (AvgIpc) is 3.05. The molecule has 0 saturated heterocycles. The van der Waals surface area contributed by atoms with E-state index in [-0.39, 0.29) is 12.2 Å². The minimum absolute atomic E-state index is 0.101. The van der Waals surface area contributed by atoms with Gasteiger partial charge >= 0.3 is 5.97 Å². The number of aryl methyl sites for hydroxylation is 1. The van der Waals surface area contributed by atoms with Crippen molar-refractivity contribution in [1.29, 1.82) is 0 Å². The first kappa shape index (κ1) is 18.2. The number of anilines is 1. The van der Waals surface area contributed by atoms with E-state index >= 15 is 0 Å². The number of carbonyl (C=O) groups is 1. The molecule has 2 aromatic heterocycles. The summed E-state index contributed by atoms with van der Waals surface area (Å²) in [5.74, 6) is 0.820. The van der Waals surface area contributed by atoms with Crippen molar-refractivity contribution >= 4 is 43.4 Å². The van der Waals surface area contributed by atoms with E-state index in [4.69, 9.17) is 10.1 Å². The second-order valence-corrected chi connectivity index (χ2v) is 7.56. The molecule has 28 heavy (non-hydrogen) atoms. The smallest absolute Gasteiger partial charge is 0.303 e. The second-order valence-electron chi connectivity index (χ2n) is 6.53. The van der Waals surface area contributed by atoms with Gasteiger partial charge in [0.05, 0.1) is 5.39 Å². The number of hydrogen-bond donors (Lipinski definition) is 3. The van der Waals surface area contributed by atoms with Gasteiger partial charge in [-0.05, 0) is 30.2 Å². The van der Waals surface area contributed by atoms with Crippen LogP contribution in [0.15, 0.2) is 48.5 Å². The normalized spacial score (nSPS) is 11.1. The van der Waals surface area contributed by atoms with Crippen molar-refractivity contribution in [3.8, 4) is 5.75 Å². The van der Waals surface area contributed by atoms with Crippen LogP contribution in [0.2, 0.25) is 0 Å². The first-order valence-corrected chi connectivity index (χ1v) is 9.83. The lowest BCUT2D eigenvalue weighted by Crippen LogP contribution is -2.06. The highest BCUT2D eigenvalue weighted by Gasteiger charge is 2.14. The predicted molar refractivity (Wildman–Crippen MR) is 111 cm³/mol. The summed E-state index contributed by atoms with van der Waals surface area (Å²) in [6.45, 7) is 0.561. The summed E-state index contributed by atoms with van der Waals surface area (Å²) in [7, 11) is 0. The third-order valence-corrected chi connectivity index (χ3v) is 5.54. The lowest BCUT2D eigenvalue weighted by molar-refractivity contribution is -0.137.